The minimum Gasteiger partial charge on any atom is -0.481 e. The average Bonchev–Trinajstić information content (AvgIpc) is 2.56. The highest BCUT2D eigenvalue weighted by Gasteiger charge is 2.17. The summed E-state index contributed by atoms with van der Waals surface area (Å²) in [7, 11) is 0. The molecule has 0 saturated heterocycles. The van der Waals surface area contributed by atoms with E-state index in [1.165, 1.54) is 6.92 Å². The van der Waals surface area contributed by atoms with Crippen LogP contribution in [-0.4, -0.2) is 17.9 Å². The van der Waals surface area contributed by atoms with Gasteiger partial charge in [-0.3, -0.25) is 9.59 Å². The van der Waals surface area contributed by atoms with Crippen molar-refractivity contribution in [3.63, 3.8) is 0 Å². The molecular weight excluding hydrogens is 304 g/mol. The molecule has 2 atom stereocenters. The lowest BCUT2D eigenvalue weighted by Gasteiger charge is -2.19. The lowest BCUT2D eigenvalue weighted by atomic mass is 10.1. The Hall–Kier alpha value is -2.82. The molecule has 0 aliphatic rings. The predicted molar refractivity (Wildman–Crippen MR) is 93.8 cm³/mol. The van der Waals surface area contributed by atoms with Gasteiger partial charge in [0.25, 0.3) is 5.91 Å². The van der Waals surface area contributed by atoms with Gasteiger partial charge in [-0.1, -0.05) is 30.3 Å². The van der Waals surface area contributed by atoms with Crippen molar-refractivity contribution in [2.75, 3.05) is 5.32 Å². The van der Waals surface area contributed by atoms with E-state index in [0.717, 1.165) is 5.56 Å². The van der Waals surface area contributed by atoms with Crippen molar-refractivity contribution in [1.29, 1.82) is 0 Å². The van der Waals surface area contributed by atoms with Gasteiger partial charge in [0.2, 0.25) is 5.91 Å². The number of hydrogen-bond donors (Lipinski definition) is 2. The van der Waals surface area contributed by atoms with Gasteiger partial charge in [-0.25, -0.2) is 0 Å². The van der Waals surface area contributed by atoms with Crippen LogP contribution in [0.2, 0.25) is 0 Å². The van der Waals surface area contributed by atoms with E-state index in [9.17, 15) is 9.59 Å². The van der Waals surface area contributed by atoms with Gasteiger partial charge < -0.3 is 15.4 Å². The molecule has 0 fully saturated rings. The second-order valence-corrected chi connectivity index (χ2v) is 5.61. The fourth-order valence-electron chi connectivity index (χ4n) is 2.23. The van der Waals surface area contributed by atoms with Crippen molar-refractivity contribution in [3.05, 3.63) is 60.2 Å². The van der Waals surface area contributed by atoms with Crippen LogP contribution in [-0.2, 0) is 9.59 Å². The summed E-state index contributed by atoms with van der Waals surface area (Å²) in [5, 5.41) is 5.61. The molecule has 0 saturated carbocycles. The highest BCUT2D eigenvalue weighted by atomic mass is 16.5. The first kappa shape index (κ1) is 17.5. The molecule has 0 heterocycles. The Morgan fingerprint density at radius 2 is 1.58 bits per heavy atom. The molecule has 2 amide bonds. The molecule has 0 aliphatic carbocycles. The number of hydrogen-bond acceptors (Lipinski definition) is 3. The molecule has 126 valence electrons. The number of rotatable bonds is 6. The average molecular weight is 326 g/mol. The van der Waals surface area contributed by atoms with Crippen LogP contribution >= 0.6 is 0 Å². The number of benzene rings is 2. The molecule has 0 bridgehead atoms. The van der Waals surface area contributed by atoms with Crippen LogP contribution in [0, 0.1) is 0 Å². The standard InChI is InChI=1S/C19H22N2O3/c1-13(16-7-5-4-6-8-16)20-19(23)14(2)24-18-11-9-17(10-12-18)21-15(3)22/h4-14H,1-3H3,(H,20,23)(H,21,22). The molecule has 2 unspecified atom stereocenters. The van der Waals surface area contributed by atoms with E-state index in [1.54, 1.807) is 31.2 Å². The molecule has 0 radical (unpaired) electrons. The third-order valence-electron chi connectivity index (χ3n) is 3.52. The van der Waals surface area contributed by atoms with Crippen LogP contribution in [0.15, 0.2) is 54.6 Å². The molecular formula is C19H22N2O3. The van der Waals surface area contributed by atoms with Gasteiger partial charge in [0.05, 0.1) is 6.04 Å². The number of ether oxygens (including phenoxy) is 1. The Balaban J connectivity index is 1.90. The molecule has 2 aromatic rings. The van der Waals surface area contributed by atoms with Crippen LogP contribution in [0.3, 0.4) is 0 Å². The highest BCUT2D eigenvalue weighted by Crippen LogP contribution is 2.17. The molecule has 5 heteroatoms. The molecule has 0 aromatic heterocycles. The minimum absolute atomic E-state index is 0.0908. The summed E-state index contributed by atoms with van der Waals surface area (Å²) in [6.45, 7) is 5.08. The van der Waals surface area contributed by atoms with Gasteiger partial charge in [0.1, 0.15) is 5.75 Å². The van der Waals surface area contributed by atoms with Crippen molar-refractivity contribution >= 4 is 17.5 Å². The van der Waals surface area contributed by atoms with Crippen LogP contribution < -0.4 is 15.4 Å². The molecule has 5 nitrogen and oxygen atoms in total. The third kappa shape index (κ3) is 5.12. The highest BCUT2D eigenvalue weighted by molar-refractivity contribution is 5.88. The van der Waals surface area contributed by atoms with Crippen molar-refractivity contribution < 1.29 is 14.3 Å². The summed E-state index contributed by atoms with van der Waals surface area (Å²) in [5.74, 6) is 0.253. The van der Waals surface area contributed by atoms with E-state index in [0.29, 0.717) is 11.4 Å². The summed E-state index contributed by atoms with van der Waals surface area (Å²) < 4.78 is 5.65. The van der Waals surface area contributed by atoms with E-state index < -0.39 is 6.10 Å². The first-order valence-electron chi connectivity index (χ1n) is 7.85. The summed E-state index contributed by atoms with van der Waals surface area (Å²) in [4.78, 5) is 23.2. The largest absolute Gasteiger partial charge is 0.481 e. The van der Waals surface area contributed by atoms with Crippen LogP contribution in [0.5, 0.6) is 5.75 Å². The molecule has 2 rings (SSSR count). The van der Waals surface area contributed by atoms with Gasteiger partial charge in [-0.05, 0) is 43.7 Å². The summed E-state index contributed by atoms with van der Waals surface area (Å²) in [5.41, 5.74) is 1.72. The van der Waals surface area contributed by atoms with Gasteiger partial charge in [-0.2, -0.15) is 0 Å². The zero-order valence-corrected chi connectivity index (χ0v) is 14.1. The van der Waals surface area contributed by atoms with Crippen molar-refractivity contribution in [2.45, 2.75) is 32.9 Å². The second-order valence-electron chi connectivity index (χ2n) is 5.61. The van der Waals surface area contributed by atoms with E-state index in [2.05, 4.69) is 10.6 Å². The van der Waals surface area contributed by atoms with E-state index in [-0.39, 0.29) is 17.9 Å². The number of carbonyl (C=O) groups is 2. The van der Waals surface area contributed by atoms with Crippen molar-refractivity contribution in [2.24, 2.45) is 0 Å². The Morgan fingerprint density at radius 3 is 2.17 bits per heavy atom. The van der Waals surface area contributed by atoms with Crippen molar-refractivity contribution in [1.82, 2.24) is 5.32 Å². The molecule has 24 heavy (non-hydrogen) atoms. The quantitative estimate of drug-likeness (QED) is 0.856. The maximum atomic E-state index is 12.3. The molecule has 0 spiro atoms. The summed E-state index contributed by atoms with van der Waals surface area (Å²) in [6.07, 6.45) is -0.622. The lowest BCUT2D eigenvalue weighted by molar-refractivity contribution is -0.128. The fourth-order valence-corrected chi connectivity index (χ4v) is 2.23. The Bertz CT molecular complexity index is 684. The van der Waals surface area contributed by atoms with Gasteiger partial charge in [0, 0.05) is 12.6 Å². The van der Waals surface area contributed by atoms with Gasteiger partial charge >= 0.3 is 0 Å². The second kappa shape index (κ2) is 8.15. The normalized spacial score (nSPS) is 12.8. The van der Waals surface area contributed by atoms with Crippen LogP contribution in [0.1, 0.15) is 32.4 Å². The monoisotopic (exact) mass is 326 g/mol. The maximum absolute atomic E-state index is 12.3. The fraction of sp³-hybridized carbons (Fsp3) is 0.263. The SMILES string of the molecule is CC(=O)Nc1ccc(OC(C)C(=O)NC(C)c2ccccc2)cc1. The zero-order chi connectivity index (χ0) is 17.5. The van der Waals surface area contributed by atoms with Gasteiger partial charge in [-0.15, -0.1) is 0 Å². The number of amides is 2. The smallest absolute Gasteiger partial charge is 0.261 e. The lowest BCUT2D eigenvalue weighted by Crippen LogP contribution is -2.37. The number of nitrogens with one attached hydrogen (secondary N) is 2. The first-order valence-corrected chi connectivity index (χ1v) is 7.85. The predicted octanol–water partition coefficient (Wildman–Crippen LogP) is 3.29. The zero-order valence-electron chi connectivity index (χ0n) is 14.1. The molecule has 2 aromatic carbocycles. The Morgan fingerprint density at radius 1 is 0.958 bits per heavy atom. The van der Waals surface area contributed by atoms with E-state index in [4.69, 9.17) is 4.74 Å². The summed E-state index contributed by atoms with van der Waals surface area (Å²) in [6, 6.07) is 16.6. The third-order valence-corrected chi connectivity index (χ3v) is 3.52. The maximum Gasteiger partial charge on any atom is 0.261 e. The molecule has 0 aliphatic heterocycles. The van der Waals surface area contributed by atoms with Crippen molar-refractivity contribution in [3.8, 4) is 5.75 Å². The van der Waals surface area contributed by atoms with Crippen LogP contribution in [0.25, 0.3) is 0 Å². The van der Waals surface area contributed by atoms with E-state index >= 15 is 0 Å². The topological polar surface area (TPSA) is 67.4 Å². The Kier molecular flexibility index (Phi) is 5.95. The van der Waals surface area contributed by atoms with Gasteiger partial charge in [0.15, 0.2) is 6.10 Å². The number of anilines is 1. The molecule has 2 N–H and O–H groups in total. The minimum atomic E-state index is -0.622. The number of carbonyl (C=O) groups excluding carboxylic acids is 2. The van der Waals surface area contributed by atoms with Crippen LogP contribution in [0.4, 0.5) is 5.69 Å². The van der Waals surface area contributed by atoms with E-state index in [1.807, 2.05) is 37.3 Å². The first-order chi connectivity index (χ1) is 11.5. The Labute approximate surface area is 142 Å². The summed E-state index contributed by atoms with van der Waals surface area (Å²) >= 11 is 0.